The Balaban J connectivity index is 1.61. The Morgan fingerprint density at radius 2 is 2.12 bits per heavy atom. The molecule has 0 bridgehead atoms. The number of aromatic nitrogens is 2. The Labute approximate surface area is 136 Å². The molecular weight excluding hydrogens is 321 g/mol. The first-order valence-electron chi connectivity index (χ1n) is 7.65. The molecule has 0 spiro atoms. The molecule has 128 valence electrons. The molecule has 0 saturated heterocycles. The van der Waals surface area contributed by atoms with Gasteiger partial charge >= 0.3 is 6.18 Å². The van der Waals surface area contributed by atoms with Crippen LogP contribution in [0.25, 0.3) is 5.69 Å². The number of rotatable bonds is 6. The summed E-state index contributed by atoms with van der Waals surface area (Å²) in [6.07, 6.45) is 0.886. The Morgan fingerprint density at radius 1 is 1.33 bits per heavy atom. The molecular formula is C16H17F3N4O. The van der Waals surface area contributed by atoms with E-state index in [2.05, 4.69) is 15.7 Å². The number of nitrogens with one attached hydrogen (secondary N) is 2. The van der Waals surface area contributed by atoms with Crippen molar-refractivity contribution in [2.45, 2.75) is 19.0 Å². The molecule has 1 aromatic carbocycles. The third-order valence-corrected chi connectivity index (χ3v) is 3.72. The average Bonchev–Trinajstić information content (AvgIpc) is 3.23. The monoisotopic (exact) mass is 338 g/mol. The summed E-state index contributed by atoms with van der Waals surface area (Å²) in [6, 6.07) is 4.85. The van der Waals surface area contributed by atoms with Crippen LogP contribution in [-0.2, 0) is 11.0 Å². The van der Waals surface area contributed by atoms with Gasteiger partial charge < -0.3 is 10.6 Å². The van der Waals surface area contributed by atoms with Crippen molar-refractivity contribution >= 4 is 11.6 Å². The quantitative estimate of drug-likeness (QED) is 0.851. The summed E-state index contributed by atoms with van der Waals surface area (Å²) in [5.41, 5.74) is -0.0341. The zero-order valence-electron chi connectivity index (χ0n) is 12.8. The fraction of sp³-hybridized carbons (Fsp3) is 0.375. The van der Waals surface area contributed by atoms with Gasteiger partial charge in [-0.2, -0.15) is 18.3 Å². The fourth-order valence-corrected chi connectivity index (χ4v) is 2.27. The molecule has 0 atom stereocenters. The summed E-state index contributed by atoms with van der Waals surface area (Å²) in [6.45, 7) is 1.03. The van der Waals surface area contributed by atoms with Crippen LogP contribution in [-0.4, -0.2) is 28.8 Å². The minimum atomic E-state index is -4.41. The average molecular weight is 338 g/mol. The summed E-state index contributed by atoms with van der Waals surface area (Å²) in [5, 5.41) is 9.73. The third kappa shape index (κ3) is 4.35. The van der Waals surface area contributed by atoms with E-state index in [0.29, 0.717) is 11.6 Å². The highest BCUT2D eigenvalue weighted by atomic mass is 19.4. The van der Waals surface area contributed by atoms with E-state index in [1.165, 1.54) is 42.0 Å². The Morgan fingerprint density at radius 3 is 2.83 bits per heavy atom. The Kier molecular flexibility index (Phi) is 4.57. The SMILES string of the molecule is O=C(CNCC1CC1)Nc1cnn(-c2cccc(C(F)(F)F)c2)c1. The molecule has 1 aromatic heterocycles. The van der Waals surface area contributed by atoms with Gasteiger partial charge in [0, 0.05) is 0 Å². The van der Waals surface area contributed by atoms with Crippen molar-refractivity contribution in [1.82, 2.24) is 15.1 Å². The maximum absolute atomic E-state index is 12.7. The minimum Gasteiger partial charge on any atom is -0.322 e. The van der Waals surface area contributed by atoms with E-state index >= 15 is 0 Å². The first-order valence-corrected chi connectivity index (χ1v) is 7.65. The van der Waals surface area contributed by atoms with Crippen LogP contribution in [0, 0.1) is 5.92 Å². The molecule has 1 heterocycles. The highest BCUT2D eigenvalue weighted by molar-refractivity contribution is 5.92. The molecule has 5 nitrogen and oxygen atoms in total. The van der Waals surface area contributed by atoms with Crippen LogP contribution in [0.1, 0.15) is 18.4 Å². The van der Waals surface area contributed by atoms with Crippen molar-refractivity contribution in [3.05, 3.63) is 42.2 Å². The second-order valence-corrected chi connectivity index (χ2v) is 5.84. The van der Waals surface area contributed by atoms with Crippen LogP contribution in [0.5, 0.6) is 0 Å². The first kappa shape index (κ1) is 16.5. The molecule has 1 fully saturated rings. The summed E-state index contributed by atoms with van der Waals surface area (Å²) < 4.78 is 39.5. The van der Waals surface area contributed by atoms with Crippen LogP contribution >= 0.6 is 0 Å². The van der Waals surface area contributed by atoms with Crippen molar-refractivity contribution in [2.75, 3.05) is 18.4 Å². The van der Waals surface area contributed by atoms with Gasteiger partial charge in [-0.05, 0) is 43.5 Å². The van der Waals surface area contributed by atoms with Crippen LogP contribution in [0.3, 0.4) is 0 Å². The van der Waals surface area contributed by atoms with Gasteiger partial charge in [-0.25, -0.2) is 4.68 Å². The topological polar surface area (TPSA) is 59.0 Å². The summed E-state index contributed by atoms with van der Waals surface area (Å²) >= 11 is 0. The van der Waals surface area contributed by atoms with Crippen molar-refractivity contribution < 1.29 is 18.0 Å². The minimum absolute atomic E-state index is 0.200. The van der Waals surface area contributed by atoms with Gasteiger partial charge in [0.2, 0.25) is 5.91 Å². The van der Waals surface area contributed by atoms with E-state index in [1.807, 2.05) is 0 Å². The zero-order chi connectivity index (χ0) is 17.2. The third-order valence-electron chi connectivity index (χ3n) is 3.72. The lowest BCUT2D eigenvalue weighted by Gasteiger charge is -2.08. The maximum atomic E-state index is 12.7. The van der Waals surface area contributed by atoms with Crippen molar-refractivity contribution in [3.63, 3.8) is 0 Å². The second kappa shape index (κ2) is 6.64. The molecule has 1 aliphatic rings. The van der Waals surface area contributed by atoms with E-state index in [9.17, 15) is 18.0 Å². The second-order valence-electron chi connectivity index (χ2n) is 5.84. The number of hydrogen-bond acceptors (Lipinski definition) is 3. The largest absolute Gasteiger partial charge is 0.416 e. The molecule has 1 amide bonds. The van der Waals surface area contributed by atoms with E-state index in [0.717, 1.165) is 18.7 Å². The number of halogens is 3. The van der Waals surface area contributed by atoms with E-state index in [-0.39, 0.29) is 18.1 Å². The van der Waals surface area contributed by atoms with Gasteiger partial charge in [0.15, 0.2) is 0 Å². The van der Waals surface area contributed by atoms with E-state index < -0.39 is 11.7 Å². The number of benzene rings is 1. The highest BCUT2D eigenvalue weighted by Crippen LogP contribution is 2.30. The van der Waals surface area contributed by atoms with Crippen LogP contribution < -0.4 is 10.6 Å². The standard InChI is InChI=1S/C16H17F3N4O/c17-16(18,19)12-2-1-3-14(6-12)23-10-13(8-21-23)22-15(24)9-20-7-11-4-5-11/h1-3,6,8,10-11,20H,4-5,7,9H2,(H,22,24). The molecule has 24 heavy (non-hydrogen) atoms. The van der Waals surface area contributed by atoms with Crippen LogP contribution in [0.2, 0.25) is 0 Å². The van der Waals surface area contributed by atoms with Gasteiger partial charge in [0.25, 0.3) is 0 Å². The van der Waals surface area contributed by atoms with Crippen LogP contribution in [0.15, 0.2) is 36.7 Å². The number of carbonyl (C=O) groups is 1. The Hall–Kier alpha value is -2.35. The number of hydrogen-bond donors (Lipinski definition) is 2. The zero-order valence-corrected chi connectivity index (χ0v) is 12.8. The summed E-state index contributed by atoms with van der Waals surface area (Å²) in [4.78, 5) is 11.8. The number of carbonyl (C=O) groups excluding carboxylic acids is 1. The molecule has 0 unspecified atom stereocenters. The lowest BCUT2D eigenvalue weighted by Crippen LogP contribution is -2.29. The predicted molar refractivity (Wildman–Crippen MR) is 82.8 cm³/mol. The van der Waals surface area contributed by atoms with E-state index in [1.54, 1.807) is 0 Å². The number of nitrogens with zero attached hydrogens (tertiary/aromatic N) is 2. The fourth-order valence-electron chi connectivity index (χ4n) is 2.27. The van der Waals surface area contributed by atoms with Crippen molar-refractivity contribution in [1.29, 1.82) is 0 Å². The lowest BCUT2D eigenvalue weighted by molar-refractivity contribution is -0.137. The molecule has 2 aromatic rings. The number of amides is 1. The number of anilines is 1. The number of alkyl halides is 3. The normalized spacial score (nSPS) is 14.6. The first-order chi connectivity index (χ1) is 11.4. The summed E-state index contributed by atoms with van der Waals surface area (Å²) in [5.74, 6) is 0.473. The van der Waals surface area contributed by atoms with Gasteiger partial charge in [-0.3, -0.25) is 4.79 Å². The molecule has 1 aliphatic carbocycles. The predicted octanol–water partition coefficient (Wildman–Crippen LogP) is 2.83. The van der Waals surface area contributed by atoms with Crippen molar-refractivity contribution in [2.24, 2.45) is 5.92 Å². The lowest BCUT2D eigenvalue weighted by atomic mass is 10.2. The molecule has 3 rings (SSSR count). The van der Waals surface area contributed by atoms with Gasteiger partial charge in [-0.15, -0.1) is 0 Å². The van der Waals surface area contributed by atoms with Crippen molar-refractivity contribution in [3.8, 4) is 5.69 Å². The molecule has 0 aliphatic heterocycles. The summed E-state index contributed by atoms with van der Waals surface area (Å²) in [7, 11) is 0. The Bertz CT molecular complexity index is 722. The smallest absolute Gasteiger partial charge is 0.322 e. The molecule has 0 radical (unpaired) electrons. The van der Waals surface area contributed by atoms with E-state index in [4.69, 9.17) is 0 Å². The van der Waals surface area contributed by atoms with Gasteiger partial charge in [0.05, 0.1) is 35.9 Å². The molecule has 1 saturated carbocycles. The molecule has 2 N–H and O–H groups in total. The van der Waals surface area contributed by atoms with Crippen LogP contribution in [0.4, 0.5) is 18.9 Å². The van der Waals surface area contributed by atoms with Gasteiger partial charge in [0.1, 0.15) is 0 Å². The maximum Gasteiger partial charge on any atom is 0.416 e. The highest BCUT2D eigenvalue weighted by Gasteiger charge is 2.30. The molecule has 8 heteroatoms. The van der Waals surface area contributed by atoms with Gasteiger partial charge in [-0.1, -0.05) is 6.07 Å².